The van der Waals surface area contributed by atoms with E-state index in [0.29, 0.717) is 29.1 Å². The van der Waals surface area contributed by atoms with Gasteiger partial charge in [-0.15, -0.1) is 6.58 Å². The summed E-state index contributed by atoms with van der Waals surface area (Å²) in [4.78, 5) is 18.8. The van der Waals surface area contributed by atoms with Gasteiger partial charge in [0.05, 0.1) is 18.7 Å². The Balaban J connectivity index is 1.81. The molecule has 31 heavy (non-hydrogen) atoms. The topological polar surface area (TPSA) is 80.5 Å². The van der Waals surface area contributed by atoms with E-state index in [0.717, 1.165) is 5.56 Å². The summed E-state index contributed by atoms with van der Waals surface area (Å²) in [7, 11) is 1.59. The predicted octanol–water partition coefficient (Wildman–Crippen LogP) is 4.57. The third-order valence-corrected chi connectivity index (χ3v) is 5.10. The van der Waals surface area contributed by atoms with Crippen LogP contribution in [0, 0.1) is 5.82 Å². The average molecular weight is 420 g/mol. The molecule has 0 spiro atoms. The first kappa shape index (κ1) is 20.3. The molecule has 0 bridgehead atoms. The van der Waals surface area contributed by atoms with Crippen LogP contribution in [0.4, 0.5) is 9.18 Å². The molecule has 8 heteroatoms. The summed E-state index contributed by atoms with van der Waals surface area (Å²) in [6.07, 6.45) is 1.64. The summed E-state index contributed by atoms with van der Waals surface area (Å²) < 4.78 is 24.4. The molecule has 0 saturated carbocycles. The van der Waals surface area contributed by atoms with Gasteiger partial charge in [-0.3, -0.25) is 4.90 Å². The molecule has 1 atom stereocenters. The van der Waals surface area contributed by atoms with Crippen molar-refractivity contribution in [2.45, 2.75) is 13.0 Å². The molecule has 0 aliphatic carbocycles. The molecule has 0 saturated heterocycles. The van der Waals surface area contributed by atoms with Crippen LogP contribution in [0.5, 0.6) is 5.75 Å². The van der Waals surface area contributed by atoms with E-state index in [1.54, 1.807) is 30.2 Å². The van der Waals surface area contributed by atoms with E-state index < -0.39 is 11.9 Å². The number of carbonyl (C=O) groups is 1. The zero-order chi connectivity index (χ0) is 22.0. The maximum Gasteiger partial charge on any atom is 0.322 e. The lowest BCUT2D eigenvalue weighted by atomic mass is 9.94. The lowest BCUT2D eigenvalue weighted by molar-refractivity contribution is 0.209. The molecular weight excluding hydrogens is 399 g/mol. The van der Waals surface area contributed by atoms with Crippen molar-refractivity contribution in [3.8, 4) is 17.1 Å². The van der Waals surface area contributed by atoms with E-state index >= 15 is 0 Å². The minimum Gasteiger partial charge on any atom is -0.497 e. The summed E-state index contributed by atoms with van der Waals surface area (Å²) in [5.74, 6) is 0.812. The van der Waals surface area contributed by atoms with Gasteiger partial charge < -0.3 is 14.6 Å². The molecule has 7 nitrogen and oxygen atoms in total. The van der Waals surface area contributed by atoms with E-state index in [9.17, 15) is 9.18 Å². The van der Waals surface area contributed by atoms with E-state index in [2.05, 4.69) is 22.0 Å². The number of nitrogens with zero attached hydrogens (tertiary/aromatic N) is 3. The zero-order valence-electron chi connectivity index (χ0n) is 17.1. The maximum atomic E-state index is 13.6. The third-order valence-electron chi connectivity index (χ3n) is 5.10. The molecule has 1 N–H and O–H groups in total. The SMILES string of the molecule is C=CCN1C(=O)NC(c2ccc(OC)cc2)C(c2nc(-c3cccc(F)c3)no2)=C1C. The number of nitrogens with one attached hydrogen (secondary N) is 1. The maximum absolute atomic E-state index is 13.6. The monoisotopic (exact) mass is 420 g/mol. The Hall–Kier alpha value is -3.94. The Kier molecular flexibility index (Phi) is 5.53. The van der Waals surface area contributed by atoms with Crippen molar-refractivity contribution in [3.63, 3.8) is 0 Å². The molecule has 2 heterocycles. The highest BCUT2D eigenvalue weighted by molar-refractivity contribution is 5.87. The molecule has 1 aromatic heterocycles. The van der Waals surface area contributed by atoms with Crippen LogP contribution in [0.25, 0.3) is 17.0 Å². The standard InChI is InChI=1S/C23H21FN4O3/c1-4-12-28-14(2)19(20(25-23(28)29)15-8-10-18(30-3)11-9-15)22-26-21(27-31-22)16-6-5-7-17(24)13-16/h4-11,13,20H,1,12H2,2-3H3,(H,25,29). The van der Waals surface area contributed by atoms with Crippen LogP contribution in [-0.4, -0.2) is 34.7 Å². The summed E-state index contributed by atoms with van der Waals surface area (Å²) in [5.41, 5.74) is 2.64. The van der Waals surface area contributed by atoms with Crippen LogP contribution in [0.2, 0.25) is 0 Å². The smallest absolute Gasteiger partial charge is 0.322 e. The van der Waals surface area contributed by atoms with Gasteiger partial charge in [0, 0.05) is 17.8 Å². The Morgan fingerprint density at radius 2 is 2.06 bits per heavy atom. The molecule has 0 radical (unpaired) electrons. The van der Waals surface area contributed by atoms with Gasteiger partial charge in [0.2, 0.25) is 5.82 Å². The molecule has 2 aromatic carbocycles. The van der Waals surface area contributed by atoms with Crippen LogP contribution >= 0.6 is 0 Å². The number of amides is 2. The van der Waals surface area contributed by atoms with Crippen LogP contribution in [0.3, 0.4) is 0 Å². The van der Waals surface area contributed by atoms with Crippen molar-refractivity contribution in [3.05, 3.63) is 84.2 Å². The Morgan fingerprint density at radius 3 is 2.74 bits per heavy atom. The van der Waals surface area contributed by atoms with Crippen molar-refractivity contribution >= 4 is 11.6 Å². The van der Waals surface area contributed by atoms with Gasteiger partial charge >= 0.3 is 6.03 Å². The number of hydrogen-bond donors (Lipinski definition) is 1. The number of halogens is 1. The van der Waals surface area contributed by atoms with Crippen molar-refractivity contribution < 1.29 is 18.4 Å². The minimum atomic E-state index is -0.514. The molecule has 0 fully saturated rings. The van der Waals surface area contributed by atoms with Gasteiger partial charge in [0.1, 0.15) is 11.6 Å². The van der Waals surface area contributed by atoms with Crippen LogP contribution in [0.15, 0.2) is 71.4 Å². The Morgan fingerprint density at radius 1 is 1.29 bits per heavy atom. The second-order valence-corrected chi connectivity index (χ2v) is 6.99. The van der Waals surface area contributed by atoms with Crippen molar-refractivity contribution in [1.29, 1.82) is 0 Å². The largest absolute Gasteiger partial charge is 0.497 e. The number of carbonyl (C=O) groups excluding carboxylic acids is 1. The molecule has 4 rings (SSSR count). The van der Waals surface area contributed by atoms with Crippen molar-refractivity contribution in [2.24, 2.45) is 0 Å². The second-order valence-electron chi connectivity index (χ2n) is 6.99. The first-order chi connectivity index (χ1) is 15.0. The first-order valence-corrected chi connectivity index (χ1v) is 9.65. The number of aromatic nitrogens is 2. The van der Waals surface area contributed by atoms with Gasteiger partial charge in [-0.25, -0.2) is 9.18 Å². The molecule has 1 unspecified atom stereocenters. The number of urea groups is 1. The number of methoxy groups -OCH3 is 1. The summed E-state index contributed by atoms with van der Waals surface area (Å²) >= 11 is 0. The van der Waals surface area contributed by atoms with E-state index in [-0.39, 0.29) is 17.7 Å². The molecular formula is C23H21FN4O3. The second kappa shape index (κ2) is 8.43. The quantitative estimate of drug-likeness (QED) is 0.591. The van der Waals surface area contributed by atoms with Crippen LogP contribution < -0.4 is 10.1 Å². The molecule has 1 aliphatic rings. The first-order valence-electron chi connectivity index (χ1n) is 9.65. The van der Waals surface area contributed by atoms with Crippen molar-refractivity contribution in [2.75, 3.05) is 13.7 Å². The van der Waals surface area contributed by atoms with Gasteiger partial charge in [-0.2, -0.15) is 4.98 Å². The summed E-state index contributed by atoms with van der Waals surface area (Å²) in [6, 6.07) is 12.6. The minimum absolute atomic E-state index is 0.242. The van der Waals surface area contributed by atoms with Gasteiger partial charge in [0.15, 0.2) is 0 Å². The number of benzene rings is 2. The normalized spacial score (nSPS) is 16.3. The average Bonchev–Trinajstić information content (AvgIpc) is 3.26. The lowest BCUT2D eigenvalue weighted by Gasteiger charge is -2.34. The third kappa shape index (κ3) is 3.92. The number of hydrogen-bond acceptors (Lipinski definition) is 5. The molecule has 3 aromatic rings. The van der Waals surface area contributed by atoms with Crippen LogP contribution in [-0.2, 0) is 0 Å². The van der Waals surface area contributed by atoms with E-state index in [1.807, 2.05) is 31.2 Å². The highest BCUT2D eigenvalue weighted by Crippen LogP contribution is 2.37. The van der Waals surface area contributed by atoms with E-state index in [1.165, 1.54) is 12.1 Å². The fourth-order valence-electron chi connectivity index (χ4n) is 3.53. The Labute approximate surface area is 178 Å². The number of rotatable bonds is 6. The highest BCUT2D eigenvalue weighted by Gasteiger charge is 2.35. The lowest BCUT2D eigenvalue weighted by Crippen LogP contribution is -2.46. The fourth-order valence-corrected chi connectivity index (χ4v) is 3.53. The molecule has 2 amide bonds. The highest BCUT2D eigenvalue weighted by atomic mass is 19.1. The van der Waals surface area contributed by atoms with Crippen molar-refractivity contribution in [1.82, 2.24) is 20.4 Å². The molecule has 1 aliphatic heterocycles. The predicted molar refractivity (Wildman–Crippen MR) is 113 cm³/mol. The zero-order valence-corrected chi connectivity index (χ0v) is 17.1. The summed E-state index contributed by atoms with van der Waals surface area (Å²) in [6.45, 7) is 5.87. The summed E-state index contributed by atoms with van der Waals surface area (Å²) in [5, 5.41) is 7.02. The fraction of sp³-hybridized carbons (Fsp3) is 0.174. The van der Waals surface area contributed by atoms with Crippen LogP contribution in [0.1, 0.15) is 24.4 Å². The van der Waals surface area contributed by atoms with Gasteiger partial charge in [-0.05, 0) is 36.8 Å². The van der Waals surface area contributed by atoms with Gasteiger partial charge in [-0.1, -0.05) is 35.5 Å². The Bertz CT molecular complexity index is 1150. The van der Waals surface area contributed by atoms with E-state index in [4.69, 9.17) is 9.26 Å². The number of allylic oxidation sites excluding steroid dienone is 1. The molecule has 158 valence electrons. The van der Waals surface area contributed by atoms with Gasteiger partial charge in [0.25, 0.3) is 5.89 Å². The number of ether oxygens (including phenoxy) is 1.